The zero-order chi connectivity index (χ0) is 23.3. The molecule has 0 saturated carbocycles. The van der Waals surface area contributed by atoms with E-state index in [1.165, 1.54) is 15.5 Å². The first-order valence-corrected chi connectivity index (χ1v) is 10.2. The molecule has 2 rings (SSSR count). The first-order chi connectivity index (χ1) is 14.6. The molecule has 2 aromatic rings. The third-order valence-corrected chi connectivity index (χ3v) is 4.66. The minimum absolute atomic E-state index is 0.0201. The number of nitrogens with zero attached hydrogens (tertiary/aromatic N) is 2. The van der Waals surface area contributed by atoms with E-state index in [0.29, 0.717) is 24.5 Å². The van der Waals surface area contributed by atoms with Gasteiger partial charge in [0.25, 0.3) is 11.5 Å². The lowest BCUT2D eigenvalue weighted by molar-refractivity contribution is -0.121. The van der Waals surface area contributed by atoms with Crippen LogP contribution < -0.4 is 21.9 Å². The number of anilines is 2. The Balaban J connectivity index is 2.34. The van der Waals surface area contributed by atoms with Crippen molar-refractivity contribution in [1.82, 2.24) is 9.55 Å². The van der Waals surface area contributed by atoms with Gasteiger partial charge in [-0.2, -0.15) is 0 Å². The molecule has 0 fully saturated rings. The zero-order valence-corrected chi connectivity index (χ0v) is 18.6. The second-order valence-corrected chi connectivity index (χ2v) is 7.80. The molecule has 0 atom stereocenters. The normalized spacial score (nSPS) is 11.0. The van der Waals surface area contributed by atoms with Crippen LogP contribution in [0.5, 0.6) is 0 Å². The fourth-order valence-corrected chi connectivity index (χ4v) is 3.18. The molecule has 0 spiro atoms. The Morgan fingerprint density at radius 1 is 1.29 bits per heavy atom. The fraction of sp³-hybridized carbons (Fsp3) is 0.524. The van der Waals surface area contributed by atoms with Gasteiger partial charge < -0.3 is 19.8 Å². The summed E-state index contributed by atoms with van der Waals surface area (Å²) in [6.45, 7) is 8.87. The van der Waals surface area contributed by atoms with Gasteiger partial charge in [0.15, 0.2) is 12.3 Å². The Bertz CT molecular complexity index is 1060. The minimum Gasteiger partial charge on any atom is -0.466 e. The summed E-state index contributed by atoms with van der Waals surface area (Å²) >= 11 is 0. The van der Waals surface area contributed by atoms with Crippen molar-refractivity contribution in [3.8, 4) is 0 Å². The number of unbranched alkanes of at least 4 members (excludes halogenated alkanes) is 1. The van der Waals surface area contributed by atoms with Crippen molar-refractivity contribution in [3.05, 3.63) is 44.0 Å². The fourth-order valence-electron chi connectivity index (χ4n) is 3.18. The molecule has 3 N–H and O–H groups in total. The maximum absolute atomic E-state index is 12.9. The maximum atomic E-state index is 12.9. The summed E-state index contributed by atoms with van der Waals surface area (Å²) in [7, 11) is 0. The highest BCUT2D eigenvalue weighted by molar-refractivity contribution is 5.98. The SMILES string of the molecule is CCCCn1c(N)c(N(CC(C)C)C(=O)COC(=O)c2cc(C)oc2C)c(=O)[nH]c1=O. The van der Waals surface area contributed by atoms with Gasteiger partial charge in [0, 0.05) is 13.1 Å². The van der Waals surface area contributed by atoms with E-state index < -0.39 is 29.7 Å². The molecular weight excluding hydrogens is 404 g/mol. The lowest BCUT2D eigenvalue weighted by atomic mass is 10.2. The number of aryl methyl sites for hydroxylation is 2. The third-order valence-electron chi connectivity index (χ3n) is 4.66. The molecule has 0 saturated heterocycles. The number of carbonyl (C=O) groups excluding carboxylic acids is 2. The molecule has 0 radical (unpaired) electrons. The number of furan rings is 1. The van der Waals surface area contributed by atoms with E-state index in [9.17, 15) is 19.2 Å². The van der Waals surface area contributed by atoms with E-state index in [1.807, 2.05) is 20.8 Å². The van der Waals surface area contributed by atoms with Crippen molar-refractivity contribution in [1.29, 1.82) is 0 Å². The van der Waals surface area contributed by atoms with E-state index in [1.54, 1.807) is 13.8 Å². The summed E-state index contributed by atoms with van der Waals surface area (Å²) in [5.74, 6) is -0.514. The van der Waals surface area contributed by atoms with E-state index >= 15 is 0 Å². The number of amides is 1. The van der Waals surface area contributed by atoms with Crippen LogP contribution in [0.3, 0.4) is 0 Å². The van der Waals surface area contributed by atoms with Crippen LogP contribution in [0.4, 0.5) is 11.5 Å². The van der Waals surface area contributed by atoms with E-state index in [-0.39, 0.29) is 29.5 Å². The average molecular weight is 434 g/mol. The highest BCUT2D eigenvalue weighted by atomic mass is 16.5. The number of hydrogen-bond donors (Lipinski definition) is 2. The number of nitrogens with two attached hydrogens (primary N) is 1. The molecular formula is C21H30N4O6. The van der Waals surface area contributed by atoms with E-state index in [0.717, 1.165) is 6.42 Å². The second-order valence-electron chi connectivity index (χ2n) is 7.80. The lowest BCUT2D eigenvalue weighted by Gasteiger charge is -2.26. The number of aromatic amines is 1. The minimum atomic E-state index is -0.767. The van der Waals surface area contributed by atoms with Crippen molar-refractivity contribution < 1.29 is 18.7 Å². The number of ether oxygens (including phenoxy) is 1. The van der Waals surface area contributed by atoms with Gasteiger partial charge in [0.2, 0.25) is 0 Å². The number of H-pyrrole nitrogens is 1. The molecule has 2 heterocycles. The largest absolute Gasteiger partial charge is 0.466 e. The first-order valence-electron chi connectivity index (χ1n) is 10.2. The molecule has 0 aliphatic rings. The molecule has 1 amide bonds. The topological polar surface area (TPSA) is 141 Å². The molecule has 31 heavy (non-hydrogen) atoms. The lowest BCUT2D eigenvalue weighted by Crippen LogP contribution is -2.44. The third kappa shape index (κ3) is 5.65. The summed E-state index contributed by atoms with van der Waals surface area (Å²) in [6.07, 6.45) is 1.49. The van der Waals surface area contributed by atoms with Crippen LogP contribution in [-0.4, -0.2) is 34.6 Å². The Morgan fingerprint density at radius 2 is 1.97 bits per heavy atom. The number of nitrogen functional groups attached to an aromatic ring is 1. The van der Waals surface area contributed by atoms with Crippen LogP contribution in [-0.2, 0) is 16.1 Å². The predicted molar refractivity (Wildman–Crippen MR) is 116 cm³/mol. The number of nitrogens with one attached hydrogen (secondary N) is 1. The standard InChI is InChI=1S/C21H30N4O6/c1-6-7-8-24-18(22)17(19(27)23-21(24)29)25(10-12(2)3)16(26)11-30-20(28)15-9-13(4)31-14(15)5/h9,12H,6-8,10-11,22H2,1-5H3,(H,23,27,29). The quantitative estimate of drug-likeness (QED) is 0.575. The zero-order valence-electron chi connectivity index (χ0n) is 18.6. The van der Waals surface area contributed by atoms with Crippen molar-refractivity contribution in [2.75, 3.05) is 23.8 Å². The second kappa shape index (κ2) is 10.1. The number of carbonyl (C=O) groups is 2. The molecule has 2 aromatic heterocycles. The van der Waals surface area contributed by atoms with Crippen LogP contribution in [0.15, 0.2) is 20.1 Å². The van der Waals surface area contributed by atoms with Gasteiger partial charge in [-0.15, -0.1) is 0 Å². The molecule has 170 valence electrons. The highest BCUT2D eigenvalue weighted by Gasteiger charge is 2.26. The van der Waals surface area contributed by atoms with Gasteiger partial charge in [-0.1, -0.05) is 27.2 Å². The summed E-state index contributed by atoms with van der Waals surface area (Å²) in [5.41, 5.74) is 4.84. The van der Waals surface area contributed by atoms with Crippen LogP contribution in [0.25, 0.3) is 0 Å². The first kappa shape index (κ1) is 24.0. The average Bonchev–Trinajstić information content (AvgIpc) is 3.02. The van der Waals surface area contributed by atoms with Gasteiger partial charge in [0.1, 0.15) is 22.9 Å². The van der Waals surface area contributed by atoms with Crippen molar-refractivity contribution in [2.24, 2.45) is 5.92 Å². The van der Waals surface area contributed by atoms with Gasteiger partial charge in [0.05, 0.1) is 0 Å². The van der Waals surface area contributed by atoms with Gasteiger partial charge in [-0.25, -0.2) is 9.59 Å². The van der Waals surface area contributed by atoms with E-state index in [2.05, 4.69) is 4.98 Å². The maximum Gasteiger partial charge on any atom is 0.342 e. The number of rotatable bonds is 9. The molecule has 0 bridgehead atoms. The monoisotopic (exact) mass is 434 g/mol. The van der Waals surface area contributed by atoms with Crippen molar-refractivity contribution >= 4 is 23.4 Å². The molecule has 10 nitrogen and oxygen atoms in total. The molecule has 0 aromatic carbocycles. The van der Waals surface area contributed by atoms with E-state index in [4.69, 9.17) is 14.9 Å². The number of aromatic nitrogens is 2. The summed E-state index contributed by atoms with van der Waals surface area (Å²) in [5, 5.41) is 0. The number of esters is 1. The Labute approximate surface area is 180 Å². The van der Waals surface area contributed by atoms with Crippen molar-refractivity contribution in [2.45, 2.75) is 54.0 Å². The Morgan fingerprint density at radius 3 is 2.52 bits per heavy atom. The van der Waals surface area contributed by atoms with Gasteiger partial charge in [-0.3, -0.25) is 19.1 Å². The highest BCUT2D eigenvalue weighted by Crippen LogP contribution is 2.20. The molecule has 0 aliphatic carbocycles. The van der Waals surface area contributed by atoms with Gasteiger partial charge in [-0.05, 0) is 32.3 Å². The van der Waals surface area contributed by atoms with Crippen LogP contribution in [0, 0.1) is 19.8 Å². The van der Waals surface area contributed by atoms with Crippen LogP contribution >= 0.6 is 0 Å². The van der Waals surface area contributed by atoms with Crippen LogP contribution in [0.1, 0.15) is 55.5 Å². The van der Waals surface area contributed by atoms with Crippen LogP contribution in [0.2, 0.25) is 0 Å². The predicted octanol–water partition coefficient (Wildman–Crippen LogP) is 1.97. The summed E-state index contributed by atoms with van der Waals surface area (Å²) in [6, 6.07) is 1.53. The smallest absolute Gasteiger partial charge is 0.342 e. The Kier molecular flexibility index (Phi) is 7.84. The van der Waals surface area contributed by atoms with Crippen molar-refractivity contribution in [3.63, 3.8) is 0 Å². The number of hydrogen-bond acceptors (Lipinski definition) is 7. The van der Waals surface area contributed by atoms with Gasteiger partial charge >= 0.3 is 11.7 Å². The molecule has 0 aliphatic heterocycles. The summed E-state index contributed by atoms with van der Waals surface area (Å²) < 4.78 is 11.7. The Hall–Kier alpha value is -3.30. The molecule has 10 heteroatoms. The summed E-state index contributed by atoms with van der Waals surface area (Å²) in [4.78, 5) is 53.4. The molecule has 0 unspecified atom stereocenters.